The number of anilines is 2. The number of rotatable bonds is 6. The van der Waals surface area contributed by atoms with Crippen LogP contribution in [0.25, 0.3) is 10.8 Å². The molecule has 0 atom stereocenters. The van der Waals surface area contributed by atoms with Crippen LogP contribution in [0.2, 0.25) is 5.02 Å². The summed E-state index contributed by atoms with van der Waals surface area (Å²) in [5, 5.41) is 5.18. The summed E-state index contributed by atoms with van der Waals surface area (Å²) in [5.74, 6) is -0.453. The van der Waals surface area contributed by atoms with E-state index in [1.165, 1.54) is 12.1 Å². The van der Waals surface area contributed by atoms with Crippen LogP contribution >= 0.6 is 11.6 Å². The maximum Gasteiger partial charge on any atom is 0.264 e. The first-order chi connectivity index (χ1) is 14.9. The Morgan fingerprint density at radius 1 is 0.806 bits per heavy atom. The molecule has 4 aromatic carbocycles. The van der Waals surface area contributed by atoms with E-state index in [9.17, 15) is 13.2 Å². The lowest BCUT2D eigenvalue weighted by Gasteiger charge is -2.24. The fraction of sp³-hybridized carbons (Fsp3) is 0.0417. The molecule has 0 aliphatic heterocycles. The average molecular weight is 451 g/mol. The highest BCUT2D eigenvalue weighted by atomic mass is 35.5. The highest BCUT2D eigenvalue weighted by Gasteiger charge is 2.27. The molecular formula is C24H19ClN2O3S. The van der Waals surface area contributed by atoms with Crippen LogP contribution in [0.15, 0.2) is 102 Å². The summed E-state index contributed by atoms with van der Waals surface area (Å²) in [4.78, 5) is 13.0. The third-order valence-electron chi connectivity index (χ3n) is 4.80. The predicted molar refractivity (Wildman–Crippen MR) is 125 cm³/mol. The van der Waals surface area contributed by atoms with Crippen LogP contribution in [0.1, 0.15) is 0 Å². The van der Waals surface area contributed by atoms with E-state index in [4.69, 9.17) is 11.6 Å². The van der Waals surface area contributed by atoms with Crippen molar-refractivity contribution in [1.82, 2.24) is 0 Å². The van der Waals surface area contributed by atoms with E-state index in [-0.39, 0.29) is 11.4 Å². The summed E-state index contributed by atoms with van der Waals surface area (Å²) < 4.78 is 27.7. The number of sulfonamides is 1. The van der Waals surface area contributed by atoms with Gasteiger partial charge >= 0.3 is 0 Å². The molecule has 0 aliphatic rings. The fourth-order valence-corrected chi connectivity index (χ4v) is 4.86. The molecule has 1 amide bonds. The summed E-state index contributed by atoms with van der Waals surface area (Å²) in [6.45, 7) is -0.387. The molecule has 4 aromatic rings. The zero-order valence-corrected chi connectivity index (χ0v) is 18.0. The van der Waals surface area contributed by atoms with Gasteiger partial charge in [0.25, 0.3) is 10.0 Å². The zero-order chi connectivity index (χ0) is 21.8. The minimum atomic E-state index is -3.97. The van der Waals surface area contributed by atoms with Gasteiger partial charge in [-0.1, -0.05) is 66.2 Å². The first-order valence-electron chi connectivity index (χ1n) is 9.56. The third kappa shape index (κ3) is 4.55. The van der Waals surface area contributed by atoms with Crippen LogP contribution in [0.3, 0.4) is 0 Å². The Bertz CT molecular complexity index is 1320. The van der Waals surface area contributed by atoms with Gasteiger partial charge in [-0.2, -0.15) is 0 Å². The number of benzene rings is 4. The van der Waals surface area contributed by atoms with Gasteiger partial charge in [-0.25, -0.2) is 8.42 Å². The Balaban J connectivity index is 1.67. The molecule has 0 spiro atoms. The second-order valence-corrected chi connectivity index (χ2v) is 9.17. The Kier molecular flexibility index (Phi) is 5.93. The number of fused-ring (bicyclic) bond motifs is 1. The van der Waals surface area contributed by atoms with E-state index < -0.39 is 15.9 Å². The molecule has 0 aliphatic carbocycles. The van der Waals surface area contributed by atoms with Crippen LogP contribution in [0, 0.1) is 0 Å². The molecule has 0 radical (unpaired) electrons. The highest BCUT2D eigenvalue weighted by Crippen LogP contribution is 2.26. The molecule has 5 nitrogen and oxygen atoms in total. The van der Waals surface area contributed by atoms with Crippen molar-refractivity contribution in [2.24, 2.45) is 0 Å². The van der Waals surface area contributed by atoms with Crippen molar-refractivity contribution in [3.63, 3.8) is 0 Å². The number of amides is 1. The summed E-state index contributed by atoms with van der Waals surface area (Å²) in [6, 6.07) is 27.6. The van der Waals surface area contributed by atoms with Crippen LogP contribution in [-0.2, 0) is 14.8 Å². The fourth-order valence-electron chi connectivity index (χ4n) is 3.30. The molecule has 4 rings (SSSR count). The quantitative estimate of drug-likeness (QED) is 0.432. The highest BCUT2D eigenvalue weighted by molar-refractivity contribution is 7.92. The molecule has 156 valence electrons. The smallest absolute Gasteiger partial charge is 0.264 e. The molecule has 7 heteroatoms. The predicted octanol–water partition coefficient (Wildman–Crippen LogP) is 5.33. The number of halogens is 1. The topological polar surface area (TPSA) is 66.5 Å². The zero-order valence-electron chi connectivity index (χ0n) is 16.4. The molecule has 0 heterocycles. The minimum Gasteiger partial charge on any atom is -0.324 e. The van der Waals surface area contributed by atoms with Gasteiger partial charge in [0, 0.05) is 16.1 Å². The van der Waals surface area contributed by atoms with E-state index in [0.29, 0.717) is 16.4 Å². The van der Waals surface area contributed by atoms with Gasteiger partial charge in [-0.05, 0) is 47.9 Å². The van der Waals surface area contributed by atoms with Crippen molar-refractivity contribution in [3.05, 3.63) is 102 Å². The van der Waals surface area contributed by atoms with Crippen molar-refractivity contribution in [1.29, 1.82) is 0 Å². The summed E-state index contributed by atoms with van der Waals surface area (Å²) >= 11 is 5.97. The minimum absolute atomic E-state index is 0.0999. The van der Waals surface area contributed by atoms with Crippen molar-refractivity contribution < 1.29 is 13.2 Å². The van der Waals surface area contributed by atoms with Gasteiger partial charge < -0.3 is 5.32 Å². The number of carbonyl (C=O) groups excluding carboxylic acids is 1. The average Bonchev–Trinajstić information content (AvgIpc) is 2.79. The maximum absolute atomic E-state index is 13.3. The van der Waals surface area contributed by atoms with E-state index in [1.807, 2.05) is 36.4 Å². The van der Waals surface area contributed by atoms with Gasteiger partial charge in [0.1, 0.15) is 6.54 Å². The Hall–Kier alpha value is -3.35. The van der Waals surface area contributed by atoms with Crippen LogP contribution < -0.4 is 9.62 Å². The molecule has 0 fully saturated rings. The van der Waals surface area contributed by atoms with Crippen LogP contribution in [-0.4, -0.2) is 20.9 Å². The molecule has 0 aromatic heterocycles. The first-order valence-corrected chi connectivity index (χ1v) is 11.4. The second-order valence-electron chi connectivity index (χ2n) is 6.88. The number of hydrogen-bond donors (Lipinski definition) is 1. The summed E-state index contributed by atoms with van der Waals surface area (Å²) in [6.07, 6.45) is 0. The molecule has 0 unspecified atom stereocenters. The van der Waals surface area contributed by atoms with Gasteiger partial charge in [-0.15, -0.1) is 0 Å². The second kappa shape index (κ2) is 8.79. The van der Waals surface area contributed by atoms with Gasteiger partial charge in [-0.3, -0.25) is 9.10 Å². The van der Waals surface area contributed by atoms with Crippen LogP contribution in [0.5, 0.6) is 0 Å². The van der Waals surface area contributed by atoms with E-state index in [1.54, 1.807) is 48.5 Å². The lowest BCUT2D eigenvalue weighted by Crippen LogP contribution is -2.38. The molecular weight excluding hydrogens is 432 g/mol. The first kappa shape index (κ1) is 20.9. The van der Waals surface area contributed by atoms with E-state index in [0.717, 1.165) is 15.1 Å². The Morgan fingerprint density at radius 2 is 1.45 bits per heavy atom. The van der Waals surface area contributed by atoms with Gasteiger partial charge in [0.15, 0.2) is 0 Å². The van der Waals surface area contributed by atoms with E-state index >= 15 is 0 Å². The largest absolute Gasteiger partial charge is 0.324 e. The summed E-state index contributed by atoms with van der Waals surface area (Å²) in [7, 11) is -3.97. The van der Waals surface area contributed by atoms with Crippen molar-refractivity contribution in [2.45, 2.75) is 4.90 Å². The molecule has 1 N–H and O–H groups in total. The molecule has 31 heavy (non-hydrogen) atoms. The summed E-state index contributed by atoms with van der Waals surface area (Å²) in [5.41, 5.74) is 0.970. The molecule has 0 bridgehead atoms. The lowest BCUT2D eigenvalue weighted by molar-refractivity contribution is -0.114. The maximum atomic E-state index is 13.3. The molecule has 0 saturated carbocycles. The van der Waals surface area contributed by atoms with E-state index in [2.05, 4.69) is 5.32 Å². The monoisotopic (exact) mass is 450 g/mol. The number of hydrogen-bond acceptors (Lipinski definition) is 3. The normalized spacial score (nSPS) is 11.3. The number of carbonyl (C=O) groups is 1. The standard InChI is InChI=1S/C24H19ClN2O3S/c25-19-13-15-20(16-14-19)27(31(29,30)21-9-2-1-3-10-21)17-24(28)26-23-12-6-8-18-7-4-5-11-22(18)23/h1-16H,17H2,(H,26,28). The SMILES string of the molecule is O=C(CN(c1ccc(Cl)cc1)S(=O)(=O)c1ccccc1)Nc1cccc2ccccc12. The van der Waals surface area contributed by atoms with Crippen molar-refractivity contribution >= 4 is 49.7 Å². The van der Waals surface area contributed by atoms with Gasteiger partial charge in [0.05, 0.1) is 10.6 Å². The third-order valence-corrected chi connectivity index (χ3v) is 6.84. The Morgan fingerprint density at radius 3 is 2.19 bits per heavy atom. The number of nitrogens with one attached hydrogen (secondary N) is 1. The molecule has 0 saturated heterocycles. The van der Waals surface area contributed by atoms with Crippen molar-refractivity contribution in [3.8, 4) is 0 Å². The van der Waals surface area contributed by atoms with Crippen LogP contribution in [0.4, 0.5) is 11.4 Å². The number of nitrogens with zero attached hydrogens (tertiary/aromatic N) is 1. The Labute approximate surface area is 185 Å². The lowest BCUT2D eigenvalue weighted by atomic mass is 10.1. The van der Waals surface area contributed by atoms with Gasteiger partial charge in [0.2, 0.25) is 5.91 Å². The van der Waals surface area contributed by atoms with Crippen molar-refractivity contribution in [2.75, 3.05) is 16.2 Å².